The summed E-state index contributed by atoms with van der Waals surface area (Å²) in [5.74, 6) is 8.03. The lowest BCUT2D eigenvalue weighted by Crippen LogP contribution is -2.32. The van der Waals surface area contributed by atoms with E-state index in [0.29, 0.717) is 24.1 Å². The normalized spacial score (nSPS) is 14.0. The predicted octanol–water partition coefficient (Wildman–Crippen LogP) is 0.838. The molecule has 1 aromatic heterocycles. The van der Waals surface area contributed by atoms with Gasteiger partial charge in [-0.3, -0.25) is 4.79 Å². The van der Waals surface area contributed by atoms with Crippen LogP contribution in [0.5, 0.6) is 0 Å². The Hall–Kier alpha value is -1.89. The number of hydrogen-bond acceptors (Lipinski definition) is 6. The number of anilines is 2. The van der Waals surface area contributed by atoms with Gasteiger partial charge in [0.2, 0.25) is 5.91 Å². The number of aromatic nitrogens is 2. The number of rotatable bonds is 6. The third-order valence-electron chi connectivity index (χ3n) is 3.55. The highest BCUT2D eigenvalue weighted by atomic mass is 16.2. The van der Waals surface area contributed by atoms with Gasteiger partial charge in [-0.15, -0.1) is 0 Å². The largest absolute Gasteiger partial charge is 0.361 e. The van der Waals surface area contributed by atoms with Crippen LogP contribution in [-0.2, 0) is 4.79 Å². The molecule has 1 saturated carbocycles. The van der Waals surface area contributed by atoms with Crippen LogP contribution in [0.2, 0.25) is 0 Å². The molecule has 1 aliphatic carbocycles. The van der Waals surface area contributed by atoms with E-state index in [1.165, 1.54) is 0 Å². The Morgan fingerprint density at radius 2 is 2.05 bits per heavy atom. The zero-order valence-corrected chi connectivity index (χ0v) is 12.2. The summed E-state index contributed by atoms with van der Waals surface area (Å²) in [5.41, 5.74) is 3.42. The van der Waals surface area contributed by atoms with Crippen LogP contribution in [0.25, 0.3) is 0 Å². The van der Waals surface area contributed by atoms with E-state index in [1.807, 2.05) is 13.8 Å². The van der Waals surface area contributed by atoms with Crippen molar-refractivity contribution in [3.05, 3.63) is 11.4 Å². The minimum atomic E-state index is 0.0285. The molecule has 1 aromatic rings. The van der Waals surface area contributed by atoms with E-state index in [9.17, 15) is 4.79 Å². The summed E-state index contributed by atoms with van der Waals surface area (Å²) < 4.78 is 0. The van der Waals surface area contributed by atoms with Gasteiger partial charge in [0.25, 0.3) is 0 Å². The maximum atomic E-state index is 11.8. The Morgan fingerprint density at radius 1 is 1.40 bits per heavy atom. The highest BCUT2D eigenvalue weighted by Gasteiger charge is 2.28. The number of likely N-dealkylation sites (N-methyl/N-ethyl adjacent to an activating group) is 1. The van der Waals surface area contributed by atoms with E-state index < -0.39 is 0 Å². The van der Waals surface area contributed by atoms with Gasteiger partial charge < -0.3 is 15.6 Å². The molecular formula is C13H22N6O. The SMILES string of the molecule is CCN(C)C(=O)CNc1nc(C2CC2)nc(NN)c1C. The van der Waals surface area contributed by atoms with Gasteiger partial charge in [0.05, 0.1) is 6.54 Å². The molecule has 2 rings (SSSR count). The fourth-order valence-corrected chi connectivity index (χ4v) is 1.84. The molecule has 4 N–H and O–H groups in total. The average Bonchev–Trinajstić information content (AvgIpc) is 3.29. The molecule has 7 nitrogen and oxygen atoms in total. The van der Waals surface area contributed by atoms with E-state index in [2.05, 4.69) is 20.7 Å². The number of nitrogens with zero attached hydrogens (tertiary/aromatic N) is 3. The Bertz CT molecular complexity index is 500. The Labute approximate surface area is 118 Å². The van der Waals surface area contributed by atoms with Gasteiger partial charge >= 0.3 is 0 Å². The van der Waals surface area contributed by atoms with Gasteiger partial charge in [-0.25, -0.2) is 15.8 Å². The lowest BCUT2D eigenvalue weighted by Gasteiger charge is -2.17. The molecule has 20 heavy (non-hydrogen) atoms. The summed E-state index contributed by atoms with van der Waals surface area (Å²) in [4.78, 5) is 22.4. The molecule has 0 aliphatic heterocycles. The highest BCUT2D eigenvalue weighted by Crippen LogP contribution is 2.39. The molecule has 0 atom stereocenters. The molecule has 0 bridgehead atoms. The van der Waals surface area contributed by atoms with Gasteiger partial charge in [0.1, 0.15) is 17.5 Å². The third-order valence-corrected chi connectivity index (χ3v) is 3.55. The molecule has 1 heterocycles. The number of hydrogen-bond donors (Lipinski definition) is 3. The van der Waals surface area contributed by atoms with Gasteiger partial charge in [0.15, 0.2) is 0 Å². The van der Waals surface area contributed by atoms with Gasteiger partial charge in [-0.05, 0) is 26.7 Å². The standard InChI is InChI=1S/C13H22N6O/c1-4-19(3)10(20)7-15-11-8(2)12(18-14)17-13(16-11)9-5-6-9/h9H,4-7,14H2,1-3H3,(H2,15,16,17,18). The molecular weight excluding hydrogens is 256 g/mol. The van der Waals surface area contributed by atoms with Crippen molar-refractivity contribution in [2.45, 2.75) is 32.6 Å². The number of hydrazine groups is 1. The van der Waals surface area contributed by atoms with Crippen LogP contribution in [0.4, 0.5) is 11.6 Å². The van der Waals surface area contributed by atoms with E-state index in [0.717, 1.165) is 24.2 Å². The Morgan fingerprint density at radius 3 is 2.60 bits per heavy atom. The van der Waals surface area contributed by atoms with Crippen LogP contribution in [0.3, 0.4) is 0 Å². The summed E-state index contributed by atoms with van der Waals surface area (Å²) in [6, 6.07) is 0. The first-order valence-electron chi connectivity index (χ1n) is 6.89. The van der Waals surface area contributed by atoms with Crippen molar-refractivity contribution >= 4 is 17.5 Å². The molecule has 1 fully saturated rings. The maximum absolute atomic E-state index is 11.8. The smallest absolute Gasteiger partial charge is 0.241 e. The second-order valence-corrected chi connectivity index (χ2v) is 5.08. The lowest BCUT2D eigenvalue weighted by atomic mass is 10.2. The highest BCUT2D eigenvalue weighted by molar-refractivity contribution is 5.80. The van der Waals surface area contributed by atoms with Gasteiger partial charge in [0, 0.05) is 25.1 Å². The fourth-order valence-electron chi connectivity index (χ4n) is 1.84. The van der Waals surface area contributed by atoms with Crippen molar-refractivity contribution in [2.75, 3.05) is 30.9 Å². The molecule has 1 amide bonds. The first-order valence-corrected chi connectivity index (χ1v) is 6.89. The minimum Gasteiger partial charge on any atom is -0.361 e. The van der Waals surface area contributed by atoms with Crippen LogP contribution in [-0.4, -0.2) is 40.9 Å². The minimum absolute atomic E-state index is 0.0285. The second-order valence-electron chi connectivity index (χ2n) is 5.08. The quantitative estimate of drug-likeness (QED) is 0.527. The van der Waals surface area contributed by atoms with Crippen LogP contribution >= 0.6 is 0 Å². The fraction of sp³-hybridized carbons (Fsp3) is 0.615. The Balaban J connectivity index is 2.13. The topological polar surface area (TPSA) is 96.2 Å². The number of carbonyl (C=O) groups excluding carboxylic acids is 1. The maximum Gasteiger partial charge on any atom is 0.241 e. The molecule has 0 spiro atoms. The van der Waals surface area contributed by atoms with Crippen molar-refractivity contribution in [2.24, 2.45) is 5.84 Å². The second kappa shape index (κ2) is 6.04. The monoisotopic (exact) mass is 278 g/mol. The summed E-state index contributed by atoms with van der Waals surface area (Å²) in [6.07, 6.45) is 2.23. The van der Waals surface area contributed by atoms with Gasteiger partial charge in [-0.2, -0.15) is 0 Å². The average molecular weight is 278 g/mol. The Kier molecular flexibility index (Phi) is 4.39. The number of nitrogens with two attached hydrogens (primary N) is 1. The zero-order chi connectivity index (χ0) is 14.7. The van der Waals surface area contributed by atoms with E-state index >= 15 is 0 Å². The molecule has 0 unspecified atom stereocenters. The summed E-state index contributed by atoms with van der Waals surface area (Å²) in [6.45, 7) is 4.72. The molecule has 0 radical (unpaired) electrons. The molecule has 1 aliphatic rings. The lowest BCUT2D eigenvalue weighted by molar-refractivity contribution is -0.127. The molecule has 0 saturated heterocycles. The van der Waals surface area contributed by atoms with Crippen LogP contribution < -0.4 is 16.6 Å². The summed E-state index contributed by atoms with van der Waals surface area (Å²) >= 11 is 0. The molecule has 110 valence electrons. The van der Waals surface area contributed by atoms with Crippen LogP contribution in [0, 0.1) is 6.92 Å². The third kappa shape index (κ3) is 3.16. The van der Waals surface area contributed by atoms with Crippen LogP contribution in [0.15, 0.2) is 0 Å². The van der Waals surface area contributed by atoms with E-state index in [1.54, 1.807) is 11.9 Å². The first-order chi connectivity index (χ1) is 9.56. The zero-order valence-electron chi connectivity index (χ0n) is 12.2. The first kappa shape index (κ1) is 14.5. The number of amides is 1. The van der Waals surface area contributed by atoms with Crippen molar-refractivity contribution in [1.82, 2.24) is 14.9 Å². The van der Waals surface area contributed by atoms with Gasteiger partial charge in [-0.1, -0.05) is 0 Å². The number of carbonyl (C=O) groups is 1. The van der Waals surface area contributed by atoms with E-state index in [-0.39, 0.29) is 12.5 Å². The summed E-state index contributed by atoms with van der Waals surface area (Å²) in [7, 11) is 1.78. The van der Waals surface area contributed by atoms with Crippen molar-refractivity contribution in [3.63, 3.8) is 0 Å². The predicted molar refractivity (Wildman–Crippen MR) is 78.4 cm³/mol. The number of nitrogen functional groups attached to an aromatic ring is 1. The van der Waals surface area contributed by atoms with Crippen LogP contribution in [0.1, 0.15) is 37.1 Å². The summed E-state index contributed by atoms with van der Waals surface area (Å²) in [5, 5.41) is 3.09. The van der Waals surface area contributed by atoms with E-state index in [4.69, 9.17) is 5.84 Å². The number of nitrogens with one attached hydrogen (secondary N) is 2. The van der Waals surface area contributed by atoms with Crippen molar-refractivity contribution < 1.29 is 4.79 Å². The molecule has 7 heteroatoms. The van der Waals surface area contributed by atoms with Crippen molar-refractivity contribution in [3.8, 4) is 0 Å². The van der Waals surface area contributed by atoms with Crippen molar-refractivity contribution in [1.29, 1.82) is 0 Å². The molecule has 0 aromatic carbocycles.